The van der Waals surface area contributed by atoms with Gasteiger partial charge in [0.1, 0.15) is 12.4 Å². The predicted molar refractivity (Wildman–Crippen MR) is 83.1 cm³/mol. The van der Waals surface area contributed by atoms with E-state index in [1.807, 2.05) is 31.2 Å². The van der Waals surface area contributed by atoms with E-state index in [1.165, 1.54) is 10.1 Å². The molecule has 2 aromatic carbocycles. The Morgan fingerprint density at radius 3 is 2.68 bits per heavy atom. The molecule has 0 unspecified atom stereocenters. The molecule has 5 heteroatoms. The summed E-state index contributed by atoms with van der Waals surface area (Å²) in [6, 6.07) is 12.9. The maximum Gasteiger partial charge on any atom is 0.420 e. The third-order valence-corrected chi connectivity index (χ3v) is 3.52. The first-order valence-corrected chi connectivity index (χ1v) is 7.10. The zero-order valence-corrected chi connectivity index (χ0v) is 12.3. The second-order valence-corrected chi connectivity index (χ2v) is 5.14. The Hall–Kier alpha value is -2.53. The van der Waals surface area contributed by atoms with Crippen molar-refractivity contribution in [3.05, 3.63) is 64.1 Å². The Kier molecular flexibility index (Phi) is 3.98. The third-order valence-electron chi connectivity index (χ3n) is 3.52. The molecule has 0 aliphatic heterocycles. The van der Waals surface area contributed by atoms with Crippen LogP contribution in [0.5, 0.6) is 5.75 Å². The second-order valence-electron chi connectivity index (χ2n) is 5.14. The van der Waals surface area contributed by atoms with Gasteiger partial charge >= 0.3 is 5.76 Å². The lowest BCUT2D eigenvalue weighted by Crippen LogP contribution is -2.18. The molecule has 5 nitrogen and oxygen atoms in total. The van der Waals surface area contributed by atoms with Gasteiger partial charge in [-0.2, -0.15) is 0 Å². The lowest BCUT2D eigenvalue weighted by Gasteiger charge is -2.07. The molecule has 22 heavy (non-hydrogen) atoms. The molecule has 0 bridgehead atoms. The predicted octanol–water partition coefficient (Wildman–Crippen LogP) is 2.47. The normalized spacial score (nSPS) is 11.0. The topological polar surface area (TPSA) is 64.6 Å². The number of fused-ring (bicyclic) bond motifs is 1. The number of oxazole rings is 1. The van der Waals surface area contributed by atoms with Crippen molar-refractivity contribution in [3.63, 3.8) is 0 Å². The average Bonchev–Trinajstić information content (AvgIpc) is 2.84. The lowest BCUT2D eigenvalue weighted by molar-refractivity contribution is 0.282. The van der Waals surface area contributed by atoms with Gasteiger partial charge in [0.15, 0.2) is 5.58 Å². The highest BCUT2D eigenvalue weighted by atomic mass is 16.5. The molecule has 1 heterocycles. The highest BCUT2D eigenvalue weighted by molar-refractivity contribution is 5.73. The monoisotopic (exact) mass is 299 g/mol. The first-order chi connectivity index (χ1) is 10.7. The van der Waals surface area contributed by atoms with Crippen molar-refractivity contribution < 1.29 is 14.3 Å². The standard InChI is InChI=1S/C17H17NO4/c1-12-2-5-14(6-3-12)21-9-8-18-15-10-13(11-19)4-7-16(15)22-17(18)20/h2-7,10,19H,8-9,11H2,1H3. The molecule has 0 aliphatic carbocycles. The minimum absolute atomic E-state index is 0.0742. The molecule has 0 fully saturated rings. The Balaban J connectivity index is 1.77. The summed E-state index contributed by atoms with van der Waals surface area (Å²) in [5.41, 5.74) is 3.09. The molecule has 0 saturated heterocycles. The summed E-state index contributed by atoms with van der Waals surface area (Å²) in [7, 11) is 0. The van der Waals surface area contributed by atoms with Crippen LogP contribution in [0.3, 0.4) is 0 Å². The molecule has 0 aliphatic rings. The third kappa shape index (κ3) is 2.89. The van der Waals surface area contributed by atoms with Gasteiger partial charge < -0.3 is 14.3 Å². The van der Waals surface area contributed by atoms with E-state index in [0.29, 0.717) is 24.3 Å². The average molecular weight is 299 g/mol. The molecule has 1 N–H and O–H groups in total. The van der Waals surface area contributed by atoms with Crippen molar-refractivity contribution in [2.75, 3.05) is 6.61 Å². The summed E-state index contributed by atoms with van der Waals surface area (Å²) >= 11 is 0. The van der Waals surface area contributed by atoms with Crippen LogP contribution in [0.15, 0.2) is 51.7 Å². The second kappa shape index (κ2) is 6.07. The molecular formula is C17H17NO4. The molecule has 0 radical (unpaired) electrons. The van der Waals surface area contributed by atoms with Crippen LogP contribution in [0, 0.1) is 6.92 Å². The quantitative estimate of drug-likeness (QED) is 0.786. The number of benzene rings is 2. The maximum absolute atomic E-state index is 11.9. The van der Waals surface area contributed by atoms with E-state index in [0.717, 1.165) is 11.3 Å². The Morgan fingerprint density at radius 2 is 1.95 bits per heavy atom. The smallest absolute Gasteiger partial charge is 0.420 e. The highest BCUT2D eigenvalue weighted by Crippen LogP contribution is 2.16. The Bertz CT molecular complexity index is 830. The molecule has 0 spiro atoms. The van der Waals surface area contributed by atoms with Crippen molar-refractivity contribution in [2.24, 2.45) is 0 Å². The SMILES string of the molecule is Cc1ccc(OCCn2c(=O)oc3ccc(CO)cc32)cc1. The van der Waals surface area contributed by atoms with Crippen molar-refractivity contribution in [2.45, 2.75) is 20.1 Å². The van der Waals surface area contributed by atoms with Crippen molar-refractivity contribution in [3.8, 4) is 5.75 Å². The molecule has 1 aromatic heterocycles. The Labute approximate surface area is 127 Å². The van der Waals surface area contributed by atoms with Crippen LogP contribution >= 0.6 is 0 Å². The first kappa shape index (κ1) is 14.4. The Morgan fingerprint density at radius 1 is 1.18 bits per heavy atom. The highest BCUT2D eigenvalue weighted by Gasteiger charge is 2.09. The minimum Gasteiger partial charge on any atom is -0.492 e. The van der Waals surface area contributed by atoms with Gasteiger partial charge in [0.25, 0.3) is 0 Å². The number of aliphatic hydroxyl groups is 1. The van der Waals surface area contributed by atoms with E-state index >= 15 is 0 Å². The number of hydrogen-bond acceptors (Lipinski definition) is 4. The largest absolute Gasteiger partial charge is 0.492 e. The molecule has 114 valence electrons. The van der Waals surface area contributed by atoms with E-state index in [2.05, 4.69) is 0 Å². The van der Waals surface area contributed by atoms with Gasteiger partial charge in [-0.25, -0.2) is 4.79 Å². The van der Waals surface area contributed by atoms with Crippen LogP contribution in [0.4, 0.5) is 0 Å². The zero-order chi connectivity index (χ0) is 15.5. The first-order valence-electron chi connectivity index (χ1n) is 7.10. The lowest BCUT2D eigenvalue weighted by atomic mass is 10.2. The van der Waals surface area contributed by atoms with E-state index in [9.17, 15) is 9.90 Å². The van der Waals surface area contributed by atoms with Crippen LogP contribution in [-0.2, 0) is 13.2 Å². The van der Waals surface area contributed by atoms with Crippen LogP contribution in [0.2, 0.25) is 0 Å². The number of aliphatic hydroxyl groups excluding tert-OH is 1. The molecular weight excluding hydrogens is 282 g/mol. The van der Waals surface area contributed by atoms with E-state index in [4.69, 9.17) is 9.15 Å². The van der Waals surface area contributed by atoms with Crippen molar-refractivity contribution in [1.82, 2.24) is 4.57 Å². The van der Waals surface area contributed by atoms with Gasteiger partial charge in [-0.3, -0.25) is 4.57 Å². The summed E-state index contributed by atoms with van der Waals surface area (Å²) in [6.45, 7) is 2.68. The van der Waals surface area contributed by atoms with E-state index in [1.54, 1.807) is 18.2 Å². The summed E-state index contributed by atoms with van der Waals surface area (Å²) in [4.78, 5) is 11.9. The number of ether oxygens (including phenoxy) is 1. The summed E-state index contributed by atoms with van der Waals surface area (Å²) in [5.74, 6) is 0.347. The number of rotatable bonds is 5. The summed E-state index contributed by atoms with van der Waals surface area (Å²) < 4.78 is 12.3. The maximum atomic E-state index is 11.9. The minimum atomic E-state index is -0.419. The summed E-state index contributed by atoms with van der Waals surface area (Å²) in [5, 5.41) is 9.20. The van der Waals surface area contributed by atoms with Gasteiger partial charge in [0.05, 0.1) is 18.7 Å². The van der Waals surface area contributed by atoms with Gasteiger partial charge in [-0.1, -0.05) is 23.8 Å². The van der Waals surface area contributed by atoms with Crippen LogP contribution in [0.1, 0.15) is 11.1 Å². The summed E-state index contributed by atoms with van der Waals surface area (Å²) in [6.07, 6.45) is 0. The van der Waals surface area contributed by atoms with Gasteiger partial charge in [-0.05, 0) is 36.8 Å². The van der Waals surface area contributed by atoms with Crippen LogP contribution < -0.4 is 10.5 Å². The molecule has 0 amide bonds. The van der Waals surface area contributed by atoms with E-state index in [-0.39, 0.29) is 6.61 Å². The fraction of sp³-hybridized carbons (Fsp3) is 0.235. The number of nitrogens with zero attached hydrogens (tertiary/aromatic N) is 1. The van der Waals surface area contributed by atoms with Gasteiger partial charge in [0, 0.05) is 0 Å². The molecule has 0 atom stereocenters. The number of aromatic nitrogens is 1. The molecule has 3 rings (SSSR count). The van der Waals surface area contributed by atoms with Crippen LogP contribution in [0.25, 0.3) is 11.1 Å². The molecule has 0 saturated carbocycles. The van der Waals surface area contributed by atoms with Crippen LogP contribution in [-0.4, -0.2) is 16.3 Å². The van der Waals surface area contributed by atoms with Gasteiger partial charge in [-0.15, -0.1) is 0 Å². The van der Waals surface area contributed by atoms with Gasteiger partial charge in [0.2, 0.25) is 0 Å². The number of hydrogen-bond donors (Lipinski definition) is 1. The number of aryl methyl sites for hydroxylation is 1. The van der Waals surface area contributed by atoms with Crippen molar-refractivity contribution in [1.29, 1.82) is 0 Å². The fourth-order valence-corrected chi connectivity index (χ4v) is 2.31. The fourth-order valence-electron chi connectivity index (χ4n) is 2.31. The molecule has 3 aromatic rings. The van der Waals surface area contributed by atoms with E-state index < -0.39 is 5.76 Å². The van der Waals surface area contributed by atoms with Crippen molar-refractivity contribution >= 4 is 11.1 Å². The zero-order valence-electron chi connectivity index (χ0n) is 12.3.